The summed E-state index contributed by atoms with van der Waals surface area (Å²) in [6.07, 6.45) is 1.26. The Morgan fingerprint density at radius 2 is 1.92 bits per heavy atom. The zero-order chi connectivity index (χ0) is 17.1. The Bertz CT molecular complexity index is 683. The minimum atomic E-state index is -0.0158. The maximum atomic E-state index is 12.3. The summed E-state index contributed by atoms with van der Waals surface area (Å²) in [7, 11) is 0. The molecule has 1 fully saturated rings. The highest BCUT2D eigenvalue weighted by molar-refractivity contribution is 5.90. The Kier molecular flexibility index (Phi) is 5.00. The van der Waals surface area contributed by atoms with Crippen LogP contribution in [-0.2, 0) is 4.79 Å². The molecule has 2 atom stereocenters. The number of nitrogens with zero attached hydrogens (tertiary/aromatic N) is 1. The van der Waals surface area contributed by atoms with Crippen LogP contribution in [0.15, 0.2) is 34.9 Å². The highest BCUT2D eigenvalue weighted by atomic mass is 16.5. The van der Waals surface area contributed by atoms with Crippen LogP contribution in [0.2, 0.25) is 0 Å². The topological polar surface area (TPSA) is 59.6 Å². The first-order valence-electron chi connectivity index (χ1n) is 8.67. The summed E-state index contributed by atoms with van der Waals surface area (Å²) in [6.45, 7) is 9.17. The Balaban J connectivity index is 1.58. The number of aromatic nitrogens is 1. The highest BCUT2D eigenvalue weighted by Crippen LogP contribution is 2.21. The molecule has 5 nitrogen and oxygen atoms in total. The third-order valence-electron chi connectivity index (χ3n) is 4.61. The Labute approximate surface area is 143 Å². The van der Waals surface area contributed by atoms with Crippen LogP contribution in [0.3, 0.4) is 0 Å². The van der Waals surface area contributed by atoms with E-state index >= 15 is 0 Å². The SMILES string of the molecule is Cc1ccc(-c2cc(NC(=O)C[NH+]3C[C@H](C)C[C@@H](C)C3)on2)cc1. The molecule has 128 valence electrons. The third kappa shape index (κ3) is 4.23. The zero-order valence-corrected chi connectivity index (χ0v) is 14.6. The van der Waals surface area contributed by atoms with Crippen LogP contribution in [0, 0.1) is 18.8 Å². The maximum absolute atomic E-state index is 12.3. The second kappa shape index (κ2) is 7.18. The Hall–Kier alpha value is -2.14. The van der Waals surface area contributed by atoms with Crippen LogP contribution >= 0.6 is 0 Å². The number of quaternary nitrogens is 1. The molecule has 0 aliphatic carbocycles. The standard InChI is InChI=1S/C19H25N3O2/c1-13-4-6-16(7-5-13)17-9-19(24-21-17)20-18(23)12-22-10-14(2)8-15(3)11-22/h4-7,9,14-15H,8,10-12H2,1-3H3,(H,20,23)/p+1/t14-,15-/m1/s1. The van der Waals surface area contributed by atoms with Crippen molar-refractivity contribution >= 4 is 11.8 Å². The van der Waals surface area contributed by atoms with E-state index in [4.69, 9.17) is 4.52 Å². The second-order valence-corrected chi connectivity index (χ2v) is 7.27. The summed E-state index contributed by atoms with van der Waals surface area (Å²) in [5.74, 6) is 1.75. The minimum absolute atomic E-state index is 0.0158. The highest BCUT2D eigenvalue weighted by Gasteiger charge is 2.27. The number of benzene rings is 1. The number of carbonyl (C=O) groups excluding carboxylic acids is 1. The fourth-order valence-corrected chi connectivity index (χ4v) is 3.67. The van der Waals surface area contributed by atoms with Crippen LogP contribution in [0.4, 0.5) is 5.88 Å². The summed E-state index contributed by atoms with van der Waals surface area (Å²) in [4.78, 5) is 13.6. The molecule has 3 rings (SSSR count). The summed E-state index contributed by atoms with van der Waals surface area (Å²) in [5, 5.41) is 6.88. The van der Waals surface area contributed by atoms with E-state index in [1.54, 1.807) is 6.07 Å². The quantitative estimate of drug-likeness (QED) is 0.904. The number of likely N-dealkylation sites (tertiary alicyclic amines) is 1. The number of nitrogens with one attached hydrogen (secondary N) is 2. The van der Waals surface area contributed by atoms with E-state index < -0.39 is 0 Å². The predicted molar refractivity (Wildman–Crippen MR) is 93.8 cm³/mol. The van der Waals surface area contributed by atoms with Gasteiger partial charge in [0.05, 0.1) is 13.1 Å². The lowest BCUT2D eigenvalue weighted by atomic mass is 9.92. The summed E-state index contributed by atoms with van der Waals surface area (Å²) in [6, 6.07) is 9.84. The average molecular weight is 328 g/mol. The molecule has 1 aromatic carbocycles. The molecule has 0 radical (unpaired) electrons. The third-order valence-corrected chi connectivity index (χ3v) is 4.61. The van der Waals surface area contributed by atoms with Crippen molar-refractivity contribution in [2.24, 2.45) is 11.8 Å². The predicted octanol–water partition coefficient (Wildman–Crippen LogP) is 2.15. The number of hydrogen-bond donors (Lipinski definition) is 2. The van der Waals surface area contributed by atoms with Crippen molar-refractivity contribution in [2.45, 2.75) is 27.2 Å². The first-order valence-corrected chi connectivity index (χ1v) is 8.67. The van der Waals surface area contributed by atoms with Gasteiger partial charge in [-0.1, -0.05) is 48.8 Å². The average Bonchev–Trinajstić information content (AvgIpc) is 2.95. The largest absolute Gasteiger partial charge is 0.338 e. The number of amides is 1. The summed E-state index contributed by atoms with van der Waals surface area (Å²) >= 11 is 0. The lowest BCUT2D eigenvalue weighted by molar-refractivity contribution is -0.904. The van der Waals surface area contributed by atoms with Gasteiger partial charge in [-0.2, -0.15) is 0 Å². The van der Waals surface area contributed by atoms with Crippen LogP contribution < -0.4 is 10.2 Å². The van der Waals surface area contributed by atoms with Gasteiger partial charge in [-0.25, -0.2) is 0 Å². The normalized spacial score (nSPS) is 23.9. The van der Waals surface area contributed by atoms with Gasteiger partial charge in [0.25, 0.3) is 5.91 Å². The van der Waals surface area contributed by atoms with E-state index in [0.717, 1.165) is 24.3 Å². The number of anilines is 1. The van der Waals surface area contributed by atoms with E-state index in [0.29, 0.717) is 24.3 Å². The van der Waals surface area contributed by atoms with E-state index in [-0.39, 0.29) is 5.91 Å². The molecule has 1 aromatic heterocycles. The first-order chi connectivity index (χ1) is 11.5. The van der Waals surface area contributed by atoms with Crippen molar-refractivity contribution in [3.63, 3.8) is 0 Å². The van der Waals surface area contributed by atoms with Gasteiger partial charge in [0.15, 0.2) is 6.54 Å². The van der Waals surface area contributed by atoms with Gasteiger partial charge < -0.3 is 9.42 Å². The van der Waals surface area contributed by atoms with Crippen molar-refractivity contribution in [1.82, 2.24) is 5.16 Å². The fourth-order valence-electron chi connectivity index (χ4n) is 3.67. The van der Waals surface area contributed by atoms with Crippen molar-refractivity contribution < 1.29 is 14.2 Å². The molecule has 2 aromatic rings. The number of rotatable bonds is 4. The van der Waals surface area contributed by atoms with Gasteiger partial charge >= 0.3 is 0 Å². The van der Waals surface area contributed by atoms with Crippen molar-refractivity contribution in [2.75, 3.05) is 25.0 Å². The Morgan fingerprint density at radius 3 is 2.58 bits per heavy atom. The molecule has 0 spiro atoms. The fraction of sp³-hybridized carbons (Fsp3) is 0.474. The van der Waals surface area contributed by atoms with Crippen molar-refractivity contribution in [3.8, 4) is 11.3 Å². The van der Waals surface area contributed by atoms with Crippen LogP contribution in [0.1, 0.15) is 25.8 Å². The van der Waals surface area contributed by atoms with Gasteiger partial charge in [-0.15, -0.1) is 0 Å². The molecule has 1 saturated heterocycles. The molecule has 2 heterocycles. The molecular weight excluding hydrogens is 302 g/mol. The van der Waals surface area contributed by atoms with Gasteiger partial charge in [-0.3, -0.25) is 10.1 Å². The molecule has 2 N–H and O–H groups in total. The second-order valence-electron chi connectivity index (χ2n) is 7.27. The van der Waals surface area contributed by atoms with Crippen molar-refractivity contribution in [3.05, 3.63) is 35.9 Å². The van der Waals surface area contributed by atoms with Gasteiger partial charge in [0.1, 0.15) is 5.69 Å². The minimum Gasteiger partial charge on any atom is -0.338 e. The molecule has 0 saturated carbocycles. The lowest BCUT2D eigenvalue weighted by Crippen LogP contribution is -3.15. The maximum Gasteiger partial charge on any atom is 0.281 e. The van der Waals surface area contributed by atoms with Gasteiger partial charge in [-0.05, 0) is 13.3 Å². The van der Waals surface area contributed by atoms with E-state index in [1.807, 2.05) is 31.2 Å². The summed E-state index contributed by atoms with van der Waals surface area (Å²) in [5.41, 5.74) is 2.91. The number of hydrogen-bond acceptors (Lipinski definition) is 3. The molecule has 0 bridgehead atoms. The van der Waals surface area contributed by atoms with E-state index in [1.165, 1.54) is 16.9 Å². The molecule has 1 amide bonds. The first kappa shape index (κ1) is 16.7. The van der Waals surface area contributed by atoms with Crippen LogP contribution in [0.25, 0.3) is 11.3 Å². The number of carbonyl (C=O) groups is 1. The lowest BCUT2D eigenvalue weighted by Gasteiger charge is -2.31. The number of aryl methyl sites for hydroxylation is 1. The van der Waals surface area contributed by atoms with Crippen LogP contribution in [0.5, 0.6) is 0 Å². The molecule has 1 aliphatic rings. The monoisotopic (exact) mass is 328 g/mol. The molecule has 5 heteroatoms. The van der Waals surface area contributed by atoms with Gasteiger partial charge in [0.2, 0.25) is 5.88 Å². The van der Waals surface area contributed by atoms with Crippen LogP contribution in [-0.4, -0.2) is 30.7 Å². The van der Waals surface area contributed by atoms with E-state index in [2.05, 4.69) is 24.3 Å². The van der Waals surface area contributed by atoms with Gasteiger partial charge in [0, 0.05) is 23.5 Å². The summed E-state index contributed by atoms with van der Waals surface area (Å²) < 4.78 is 5.26. The number of piperidine rings is 1. The van der Waals surface area contributed by atoms with E-state index in [9.17, 15) is 4.79 Å². The Morgan fingerprint density at radius 1 is 1.25 bits per heavy atom. The molecular formula is C19H26N3O2+. The zero-order valence-electron chi connectivity index (χ0n) is 14.6. The smallest absolute Gasteiger partial charge is 0.281 e. The molecule has 0 unspecified atom stereocenters. The molecule has 24 heavy (non-hydrogen) atoms. The molecule has 1 aliphatic heterocycles. The van der Waals surface area contributed by atoms with Crippen molar-refractivity contribution in [1.29, 1.82) is 0 Å².